The fourth-order valence-electron chi connectivity index (χ4n) is 7.58. The van der Waals surface area contributed by atoms with Crippen molar-refractivity contribution in [2.75, 3.05) is 19.0 Å². The van der Waals surface area contributed by atoms with E-state index >= 15 is 0 Å². The normalized spacial score (nSPS) is 16.3. The number of sulfonamides is 1. The summed E-state index contributed by atoms with van der Waals surface area (Å²) in [5.41, 5.74) is 5.87. The lowest BCUT2D eigenvalue weighted by molar-refractivity contribution is -0.145. The number of hydrogen-bond acceptors (Lipinski definition) is 11. The minimum absolute atomic E-state index is 0.0553. The molecule has 3 heterocycles. The fraction of sp³-hybridized carbons (Fsp3) is 0.234. The second kappa shape index (κ2) is 19.0. The molecular weight excluding hydrogens is 900 g/mol. The molecule has 2 aliphatic rings. The Kier molecular flexibility index (Phi) is 13.3. The third-order valence-electron chi connectivity index (χ3n) is 10.8. The van der Waals surface area contributed by atoms with Gasteiger partial charge in [-0.2, -0.15) is 4.31 Å². The highest BCUT2D eigenvalue weighted by Gasteiger charge is 2.43. The first-order valence-corrected chi connectivity index (χ1v) is 23.2. The smallest absolute Gasteiger partial charge is 0.328 e. The van der Waals surface area contributed by atoms with Crippen LogP contribution in [0.15, 0.2) is 113 Å². The van der Waals surface area contributed by atoms with E-state index in [2.05, 4.69) is 15.6 Å². The van der Waals surface area contributed by atoms with Crippen LogP contribution in [0.3, 0.4) is 0 Å². The molecule has 0 aliphatic carbocycles. The SMILES string of the molecule is COC(=O)[C@H](Cc1ccc(-c2ccccc2)cc1)NC(=O)C1Cc2cc3c(cc2CN1S(=O)(=O)c1sc(NC(C)=O)nc1C)O[C@@H](c1ccc(OCc2ccc(Cl)c(Cl)c2)cc1)CO3. The van der Waals surface area contributed by atoms with Gasteiger partial charge in [-0.05, 0) is 88.7 Å². The van der Waals surface area contributed by atoms with Crippen molar-refractivity contribution in [2.45, 2.75) is 62.2 Å². The van der Waals surface area contributed by atoms with Gasteiger partial charge in [0.05, 0.1) is 22.8 Å². The number of hydrogen-bond donors (Lipinski definition) is 2. The number of fused-ring (bicyclic) bond motifs is 2. The lowest BCUT2D eigenvalue weighted by atomic mass is 9.94. The predicted molar refractivity (Wildman–Crippen MR) is 243 cm³/mol. The molecule has 3 atom stereocenters. The Morgan fingerprint density at radius 1 is 0.891 bits per heavy atom. The highest BCUT2D eigenvalue weighted by molar-refractivity contribution is 7.91. The molecule has 64 heavy (non-hydrogen) atoms. The highest BCUT2D eigenvalue weighted by Crippen LogP contribution is 2.42. The molecular formula is C47H42Cl2N4O9S2. The van der Waals surface area contributed by atoms with Crippen LogP contribution >= 0.6 is 34.5 Å². The monoisotopic (exact) mass is 940 g/mol. The number of methoxy groups -OCH3 is 1. The van der Waals surface area contributed by atoms with Crippen LogP contribution in [0.5, 0.6) is 17.2 Å². The summed E-state index contributed by atoms with van der Waals surface area (Å²) in [5.74, 6) is -0.326. The van der Waals surface area contributed by atoms with Crippen molar-refractivity contribution in [3.05, 3.63) is 153 Å². The second-order valence-electron chi connectivity index (χ2n) is 15.3. The van der Waals surface area contributed by atoms with Gasteiger partial charge in [-0.3, -0.25) is 9.59 Å². The summed E-state index contributed by atoms with van der Waals surface area (Å²) < 4.78 is 54.1. The maximum Gasteiger partial charge on any atom is 0.328 e. The summed E-state index contributed by atoms with van der Waals surface area (Å²) in [4.78, 5) is 43.8. The van der Waals surface area contributed by atoms with Crippen LogP contribution in [0.2, 0.25) is 10.0 Å². The van der Waals surface area contributed by atoms with E-state index in [0.717, 1.165) is 43.5 Å². The Morgan fingerprint density at radius 3 is 2.30 bits per heavy atom. The average Bonchev–Trinajstić information content (AvgIpc) is 3.67. The number of aromatic nitrogens is 1. The van der Waals surface area contributed by atoms with E-state index in [-0.39, 0.29) is 41.0 Å². The molecule has 1 aromatic heterocycles. The number of halogens is 2. The number of carbonyl (C=O) groups is 3. The first-order chi connectivity index (χ1) is 30.7. The van der Waals surface area contributed by atoms with Crippen LogP contribution in [0, 0.1) is 6.92 Å². The Bertz CT molecular complexity index is 2820. The second-order valence-corrected chi connectivity index (χ2v) is 19.2. The first kappa shape index (κ1) is 44.6. The molecule has 0 saturated carbocycles. The number of aryl methyl sites for hydroxylation is 1. The summed E-state index contributed by atoms with van der Waals surface area (Å²) in [5, 5.41) is 6.37. The van der Waals surface area contributed by atoms with E-state index < -0.39 is 46.0 Å². The molecule has 6 aromatic rings. The van der Waals surface area contributed by atoms with E-state index in [1.807, 2.05) is 84.9 Å². The van der Waals surface area contributed by atoms with Gasteiger partial charge >= 0.3 is 5.97 Å². The summed E-state index contributed by atoms with van der Waals surface area (Å²) in [6, 6.07) is 31.2. The maximum atomic E-state index is 14.7. The van der Waals surface area contributed by atoms with Gasteiger partial charge in [-0.15, -0.1) is 0 Å². The Morgan fingerprint density at radius 2 is 1.59 bits per heavy atom. The molecule has 0 bridgehead atoms. The molecule has 0 saturated heterocycles. The van der Waals surface area contributed by atoms with Gasteiger partial charge < -0.3 is 29.6 Å². The largest absolute Gasteiger partial charge is 0.489 e. The first-order valence-electron chi connectivity index (χ1n) is 20.2. The molecule has 1 unspecified atom stereocenters. The fourth-order valence-corrected chi connectivity index (χ4v) is 11.0. The number of nitrogens with zero attached hydrogens (tertiary/aromatic N) is 2. The molecule has 2 aliphatic heterocycles. The standard InChI is InChI=1S/C47H42Cl2N4O9S2/c1-27-46(63-47(50-27)51-28(2)54)64(57,58)53-24-35-23-42-41(61-26-43(62-42)33-14-16-36(17-15-33)60-25-30-11-18-37(48)38(49)19-30)22-34(35)21-40(53)44(55)52-39(45(56)59-3)20-29-9-12-32(13-10-29)31-7-5-4-6-8-31/h4-19,22-23,39-40,43H,20-21,24-26H2,1-3H3,(H,52,55)(H,50,51,54)/t39-,40?,43+/m0/s1. The minimum atomic E-state index is -4.44. The third-order valence-corrected chi connectivity index (χ3v) is 15.1. The lowest BCUT2D eigenvalue weighted by Gasteiger charge is -2.36. The van der Waals surface area contributed by atoms with E-state index in [1.165, 1.54) is 21.0 Å². The molecule has 2 amide bonds. The number of rotatable bonds is 13. The van der Waals surface area contributed by atoms with Crippen molar-refractivity contribution in [1.29, 1.82) is 0 Å². The highest BCUT2D eigenvalue weighted by atomic mass is 35.5. The van der Waals surface area contributed by atoms with Gasteiger partial charge in [0.15, 0.2) is 26.9 Å². The van der Waals surface area contributed by atoms with Crippen LogP contribution in [-0.4, -0.2) is 61.3 Å². The van der Waals surface area contributed by atoms with Gasteiger partial charge in [-0.25, -0.2) is 18.2 Å². The molecule has 0 radical (unpaired) electrons. The third kappa shape index (κ3) is 9.88. The summed E-state index contributed by atoms with van der Waals surface area (Å²) in [7, 11) is -3.21. The van der Waals surface area contributed by atoms with Crippen LogP contribution in [-0.2, 0) is 55.1 Å². The number of anilines is 1. The zero-order valence-corrected chi connectivity index (χ0v) is 37.9. The summed E-state index contributed by atoms with van der Waals surface area (Å²) in [6.07, 6.45) is -0.458. The number of amides is 2. The van der Waals surface area contributed by atoms with Crippen LogP contribution in [0.4, 0.5) is 5.13 Å². The maximum absolute atomic E-state index is 14.7. The molecule has 5 aromatic carbocycles. The van der Waals surface area contributed by atoms with Crippen LogP contribution in [0.25, 0.3) is 11.1 Å². The molecule has 17 heteroatoms. The van der Waals surface area contributed by atoms with Gasteiger partial charge in [0.2, 0.25) is 11.8 Å². The van der Waals surface area contributed by atoms with Crippen molar-refractivity contribution >= 4 is 67.5 Å². The van der Waals surface area contributed by atoms with Crippen molar-refractivity contribution in [1.82, 2.24) is 14.6 Å². The number of thiazole rings is 1. The Hall–Kier alpha value is -5.97. The van der Waals surface area contributed by atoms with Crippen LogP contribution in [0.1, 0.15) is 46.5 Å². The lowest BCUT2D eigenvalue weighted by Crippen LogP contribution is -2.56. The molecule has 330 valence electrons. The van der Waals surface area contributed by atoms with Crippen LogP contribution < -0.4 is 24.8 Å². The van der Waals surface area contributed by atoms with Gasteiger partial charge in [0.1, 0.15) is 31.0 Å². The Labute approximate surface area is 384 Å². The number of esters is 1. The molecule has 8 rings (SSSR count). The quantitative estimate of drug-likeness (QED) is 0.107. The van der Waals surface area contributed by atoms with Gasteiger partial charge in [0.25, 0.3) is 10.0 Å². The topological polar surface area (TPSA) is 162 Å². The number of nitrogens with one attached hydrogen (secondary N) is 2. The molecule has 0 fully saturated rings. The van der Waals surface area contributed by atoms with E-state index in [0.29, 0.717) is 45.0 Å². The summed E-state index contributed by atoms with van der Waals surface area (Å²) in [6.45, 7) is 3.08. The summed E-state index contributed by atoms with van der Waals surface area (Å²) >= 11 is 13.0. The van der Waals surface area contributed by atoms with E-state index in [9.17, 15) is 22.8 Å². The number of benzene rings is 5. The van der Waals surface area contributed by atoms with E-state index in [4.69, 9.17) is 42.1 Å². The van der Waals surface area contributed by atoms with E-state index in [1.54, 1.807) is 24.3 Å². The zero-order chi connectivity index (χ0) is 45.1. The van der Waals surface area contributed by atoms with Crippen molar-refractivity contribution < 1.29 is 41.7 Å². The van der Waals surface area contributed by atoms with Gasteiger partial charge in [-0.1, -0.05) is 107 Å². The van der Waals surface area contributed by atoms with Crippen molar-refractivity contribution in [2.24, 2.45) is 0 Å². The zero-order valence-electron chi connectivity index (χ0n) is 34.8. The van der Waals surface area contributed by atoms with Gasteiger partial charge in [0, 0.05) is 19.9 Å². The minimum Gasteiger partial charge on any atom is -0.489 e. The van der Waals surface area contributed by atoms with Crippen molar-refractivity contribution in [3.8, 4) is 28.4 Å². The Balaban J connectivity index is 1.04. The predicted octanol–water partition coefficient (Wildman–Crippen LogP) is 8.49. The average molecular weight is 942 g/mol. The molecule has 13 nitrogen and oxygen atoms in total. The molecule has 2 N–H and O–H groups in total. The number of carbonyl (C=O) groups excluding carboxylic acids is 3. The van der Waals surface area contributed by atoms with Crippen molar-refractivity contribution in [3.63, 3.8) is 0 Å². The number of ether oxygens (including phenoxy) is 4. The molecule has 0 spiro atoms.